The molecule has 1 aromatic heterocycles. The molecule has 20 heavy (non-hydrogen) atoms. The zero-order valence-corrected chi connectivity index (χ0v) is 12.1. The van der Waals surface area contributed by atoms with Crippen molar-refractivity contribution in [3.8, 4) is 5.75 Å². The number of alkyl halides is 2. The fraction of sp³-hybridized carbons (Fsp3) is 0.231. The van der Waals surface area contributed by atoms with E-state index in [9.17, 15) is 13.6 Å². The Labute approximate surface area is 122 Å². The van der Waals surface area contributed by atoms with Gasteiger partial charge in [0, 0.05) is 6.54 Å². The number of halogens is 3. The summed E-state index contributed by atoms with van der Waals surface area (Å²) in [5.74, 6) is -0.573. The number of nitrogens with zero attached hydrogens (tertiary/aromatic N) is 2. The summed E-state index contributed by atoms with van der Waals surface area (Å²) < 4.78 is 31.1. The van der Waals surface area contributed by atoms with Gasteiger partial charge >= 0.3 is 6.61 Å². The predicted molar refractivity (Wildman–Crippen MR) is 72.1 cm³/mol. The van der Waals surface area contributed by atoms with Crippen molar-refractivity contribution in [1.82, 2.24) is 9.78 Å². The molecule has 0 fully saturated rings. The number of benzene rings is 1. The van der Waals surface area contributed by atoms with Gasteiger partial charge in [0.2, 0.25) is 5.78 Å². The van der Waals surface area contributed by atoms with E-state index in [-0.39, 0.29) is 11.3 Å². The lowest BCUT2D eigenvalue weighted by atomic mass is 10.1. The van der Waals surface area contributed by atoms with Crippen molar-refractivity contribution in [2.75, 3.05) is 0 Å². The molecule has 0 saturated carbocycles. The number of carbonyl (C=O) groups is 1. The van der Waals surface area contributed by atoms with Crippen LogP contribution in [0.25, 0.3) is 0 Å². The Kier molecular flexibility index (Phi) is 4.49. The van der Waals surface area contributed by atoms with Crippen molar-refractivity contribution < 1.29 is 18.3 Å². The highest BCUT2D eigenvalue weighted by atomic mass is 79.9. The standard InChI is InChI=1S/C13H11BrF2N2O2/c1-2-18-11(9(14)7-17-18)12(19)8-5-3-4-6-10(8)20-13(15)16/h3-7,13H,2H2,1H3. The van der Waals surface area contributed by atoms with Crippen LogP contribution in [0.4, 0.5) is 8.78 Å². The fourth-order valence-corrected chi connectivity index (χ4v) is 2.28. The summed E-state index contributed by atoms with van der Waals surface area (Å²) in [4.78, 5) is 12.5. The molecule has 0 aliphatic rings. The first-order chi connectivity index (χ1) is 9.54. The molecule has 2 aromatic rings. The fourth-order valence-electron chi connectivity index (χ4n) is 1.81. The van der Waals surface area contributed by atoms with E-state index < -0.39 is 12.4 Å². The van der Waals surface area contributed by atoms with Gasteiger partial charge in [-0.2, -0.15) is 13.9 Å². The van der Waals surface area contributed by atoms with Gasteiger partial charge in [-0.1, -0.05) is 12.1 Å². The van der Waals surface area contributed by atoms with Gasteiger partial charge in [-0.05, 0) is 35.0 Å². The minimum Gasteiger partial charge on any atom is -0.434 e. The van der Waals surface area contributed by atoms with E-state index in [1.807, 2.05) is 6.92 Å². The average Bonchev–Trinajstić information content (AvgIpc) is 2.79. The quantitative estimate of drug-likeness (QED) is 0.779. The van der Waals surface area contributed by atoms with Crippen molar-refractivity contribution in [2.45, 2.75) is 20.1 Å². The van der Waals surface area contributed by atoms with Crippen LogP contribution in [0, 0.1) is 0 Å². The third-order valence-corrected chi connectivity index (χ3v) is 3.24. The maximum Gasteiger partial charge on any atom is 0.387 e. The summed E-state index contributed by atoms with van der Waals surface area (Å²) >= 11 is 3.24. The summed E-state index contributed by atoms with van der Waals surface area (Å²) in [6.07, 6.45) is 1.49. The van der Waals surface area contributed by atoms with E-state index in [0.29, 0.717) is 16.7 Å². The highest BCUT2D eigenvalue weighted by molar-refractivity contribution is 9.10. The molecule has 0 N–H and O–H groups in total. The summed E-state index contributed by atoms with van der Waals surface area (Å²) in [5.41, 5.74) is 0.376. The Morgan fingerprint density at radius 3 is 2.80 bits per heavy atom. The van der Waals surface area contributed by atoms with Crippen LogP contribution in [0.3, 0.4) is 0 Å². The van der Waals surface area contributed by atoms with E-state index in [2.05, 4.69) is 25.8 Å². The van der Waals surface area contributed by atoms with Crippen molar-refractivity contribution in [1.29, 1.82) is 0 Å². The Hall–Kier alpha value is -1.76. The second-order valence-corrected chi connectivity index (χ2v) is 4.72. The zero-order chi connectivity index (χ0) is 14.7. The van der Waals surface area contributed by atoms with E-state index in [0.717, 1.165) is 0 Å². The molecule has 0 bridgehead atoms. The normalized spacial score (nSPS) is 10.8. The zero-order valence-electron chi connectivity index (χ0n) is 10.5. The van der Waals surface area contributed by atoms with Crippen LogP contribution in [0.5, 0.6) is 5.75 Å². The van der Waals surface area contributed by atoms with E-state index in [1.54, 1.807) is 6.07 Å². The third kappa shape index (κ3) is 2.87. The van der Waals surface area contributed by atoms with Crippen molar-refractivity contribution in [2.24, 2.45) is 0 Å². The summed E-state index contributed by atoms with van der Waals surface area (Å²) in [6.45, 7) is -0.661. The number of aromatic nitrogens is 2. The Morgan fingerprint density at radius 2 is 2.15 bits per heavy atom. The molecule has 1 heterocycles. The monoisotopic (exact) mass is 344 g/mol. The minimum atomic E-state index is -2.98. The van der Waals surface area contributed by atoms with Gasteiger partial charge in [-0.3, -0.25) is 9.48 Å². The van der Waals surface area contributed by atoms with Gasteiger partial charge in [-0.25, -0.2) is 0 Å². The van der Waals surface area contributed by atoms with Gasteiger partial charge < -0.3 is 4.74 Å². The molecule has 106 valence electrons. The van der Waals surface area contributed by atoms with Crippen LogP contribution in [-0.2, 0) is 6.54 Å². The highest BCUT2D eigenvalue weighted by Crippen LogP contribution is 2.26. The molecule has 0 aliphatic carbocycles. The van der Waals surface area contributed by atoms with Gasteiger partial charge in [-0.15, -0.1) is 0 Å². The van der Waals surface area contributed by atoms with Crippen molar-refractivity contribution >= 4 is 21.7 Å². The molecule has 0 aliphatic heterocycles. The number of hydrogen-bond acceptors (Lipinski definition) is 3. The number of aryl methyl sites for hydroxylation is 1. The Morgan fingerprint density at radius 1 is 1.45 bits per heavy atom. The highest BCUT2D eigenvalue weighted by Gasteiger charge is 2.22. The lowest BCUT2D eigenvalue weighted by Gasteiger charge is -2.10. The summed E-state index contributed by atoms with van der Waals surface area (Å²) in [5, 5.41) is 4.03. The predicted octanol–water partition coefficient (Wildman–Crippen LogP) is 3.50. The number of carbonyl (C=O) groups excluding carboxylic acids is 1. The first-order valence-electron chi connectivity index (χ1n) is 5.84. The van der Waals surface area contributed by atoms with Crippen LogP contribution in [0.1, 0.15) is 23.0 Å². The van der Waals surface area contributed by atoms with Crippen molar-refractivity contribution in [3.05, 3.63) is 46.2 Å². The Bertz CT molecular complexity index is 629. The maximum absolute atomic E-state index is 12.5. The molecule has 0 unspecified atom stereocenters. The van der Waals surface area contributed by atoms with Crippen LogP contribution in [0.15, 0.2) is 34.9 Å². The molecule has 0 radical (unpaired) electrons. The summed E-state index contributed by atoms with van der Waals surface area (Å²) in [6, 6.07) is 5.90. The van der Waals surface area contributed by atoms with Crippen LogP contribution in [0.2, 0.25) is 0 Å². The van der Waals surface area contributed by atoms with Gasteiger partial charge in [0.25, 0.3) is 0 Å². The number of ether oxygens (including phenoxy) is 1. The third-order valence-electron chi connectivity index (χ3n) is 2.66. The molecule has 7 heteroatoms. The van der Waals surface area contributed by atoms with Gasteiger partial charge in [0.05, 0.1) is 16.2 Å². The molecule has 4 nitrogen and oxygen atoms in total. The SMILES string of the molecule is CCn1ncc(Br)c1C(=O)c1ccccc1OC(F)F. The maximum atomic E-state index is 12.5. The number of rotatable bonds is 5. The molecule has 2 rings (SSSR count). The van der Waals surface area contributed by atoms with Crippen LogP contribution in [-0.4, -0.2) is 22.2 Å². The number of hydrogen-bond donors (Lipinski definition) is 0. The smallest absolute Gasteiger partial charge is 0.387 e. The van der Waals surface area contributed by atoms with Gasteiger partial charge in [0.15, 0.2) is 0 Å². The number of para-hydroxylation sites is 1. The second kappa shape index (κ2) is 6.13. The lowest BCUT2D eigenvalue weighted by molar-refractivity contribution is -0.0501. The molecule has 0 saturated heterocycles. The van der Waals surface area contributed by atoms with E-state index in [4.69, 9.17) is 0 Å². The van der Waals surface area contributed by atoms with E-state index in [1.165, 1.54) is 29.1 Å². The first-order valence-corrected chi connectivity index (χ1v) is 6.63. The largest absolute Gasteiger partial charge is 0.434 e. The van der Waals surface area contributed by atoms with Gasteiger partial charge in [0.1, 0.15) is 11.4 Å². The first kappa shape index (κ1) is 14.6. The molecule has 0 spiro atoms. The summed E-state index contributed by atoms with van der Waals surface area (Å²) in [7, 11) is 0. The van der Waals surface area contributed by atoms with Crippen LogP contribution >= 0.6 is 15.9 Å². The molecular formula is C13H11BrF2N2O2. The topological polar surface area (TPSA) is 44.1 Å². The van der Waals surface area contributed by atoms with Crippen LogP contribution < -0.4 is 4.74 Å². The average molecular weight is 345 g/mol. The van der Waals surface area contributed by atoms with E-state index >= 15 is 0 Å². The molecule has 1 aromatic carbocycles. The van der Waals surface area contributed by atoms with Crippen molar-refractivity contribution in [3.63, 3.8) is 0 Å². The molecule has 0 amide bonds. The lowest BCUT2D eigenvalue weighted by Crippen LogP contribution is -2.13. The Balaban J connectivity index is 2.46. The number of ketones is 1. The molecular weight excluding hydrogens is 334 g/mol. The minimum absolute atomic E-state index is 0.0729. The second-order valence-electron chi connectivity index (χ2n) is 3.86. The molecule has 0 atom stereocenters.